The van der Waals surface area contributed by atoms with Crippen molar-refractivity contribution in [2.24, 2.45) is 5.84 Å². The number of hydrogen-bond acceptors (Lipinski definition) is 4. The molecule has 0 aliphatic carbocycles. The first-order valence-electron chi connectivity index (χ1n) is 5.60. The van der Waals surface area contributed by atoms with Crippen molar-refractivity contribution in [3.63, 3.8) is 0 Å². The van der Waals surface area contributed by atoms with Crippen molar-refractivity contribution < 1.29 is 9.18 Å². The summed E-state index contributed by atoms with van der Waals surface area (Å²) in [6, 6.07) is 6.14. The summed E-state index contributed by atoms with van der Waals surface area (Å²) in [6.45, 7) is 1.71. The topological polar surface area (TPSA) is 80.0 Å². The number of halogens is 1. The van der Waals surface area contributed by atoms with Gasteiger partial charge in [0.05, 0.1) is 16.9 Å². The third-order valence-corrected chi connectivity index (χ3v) is 2.68. The van der Waals surface area contributed by atoms with Gasteiger partial charge in [-0.3, -0.25) is 15.6 Å². The van der Waals surface area contributed by atoms with Crippen molar-refractivity contribution in [1.29, 1.82) is 0 Å². The number of amides is 1. The van der Waals surface area contributed by atoms with Crippen LogP contribution in [0.4, 0.5) is 15.8 Å². The number of carbonyl (C=O) groups is 1. The van der Waals surface area contributed by atoms with Gasteiger partial charge in [-0.2, -0.15) is 0 Å². The summed E-state index contributed by atoms with van der Waals surface area (Å²) in [7, 11) is 0. The number of para-hydroxylation sites is 1. The molecule has 2 rings (SSSR count). The number of rotatable bonds is 3. The maximum atomic E-state index is 13.6. The minimum absolute atomic E-state index is 0.152. The van der Waals surface area contributed by atoms with Crippen LogP contribution in [0.5, 0.6) is 0 Å². The minimum atomic E-state index is -0.487. The van der Waals surface area contributed by atoms with Crippen LogP contribution in [0.15, 0.2) is 36.7 Å². The van der Waals surface area contributed by atoms with Gasteiger partial charge in [-0.25, -0.2) is 4.39 Å². The van der Waals surface area contributed by atoms with Gasteiger partial charge >= 0.3 is 0 Å². The molecule has 0 unspecified atom stereocenters. The molecule has 4 N–H and O–H groups in total. The maximum Gasteiger partial charge on any atom is 0.259 e. The van der Waals surface area contributed by atoms with Crippen molar-refractivity contribution in [2.75, 3.05) is 10.7 Å². The number of carbonyl (C=O) groups excluding carboxylic acids is 1. The van der Waals surface area contributed by atoms with E-state index in [1.165, 1.54) is 18.5 Å². The molecule has 5 nitrogen and oxygen atoms in total. The van der Waals surface area contributed by atoms with Crippen molar-refractivity contribution >= 4 is 17.3 Å². The fourth-order valence-electron chi connectivity index (χ4n) is 1.67. The van der Waals surface area contributed by atoms with E-state index in [1.807, 2.05) is 0 Å². The molecule has 0 spiro atoms. The van der Waals surface area contributed by atoms with Crippen molar-refractivity contribution in [3.8, 4) is 0 Å². The molecular formula is C13H13FN4O. The Morgan fingerprint density at radius 1 is 1.37 bits per heavy atom. The molecule has 0 aliphatic rings. The van der Waals surface area contributed by atoms with Crippen LogP contribution in [0, 0.1) is 12.7 Å². The second kappa shape index (κ2) is 5.45. The molecule has 1 amide bonds. The molecule has 0 atom stereocenters. The standard InChI is InChI=1S/C13H13FN4O/c1-8-3-2-4-10(14)12(8)17-13(19)9-7-16-6-5-11(9)18-15/h2-7H,15H2,1H3,(H,16,18)(H,17,19). The highest BCUT2D eigenvalue weighted by Crippen LogP contribution is 2.21. The van der Waals surface area contributed by atoms with Crippen LogP contribution in [0.25, 0.3) is 0 Å². The summed E-state index contributed by atoms with van der Waals surface area (Å²) in [5.74, 6) is 4.35. The maximum absolute atomic E-state index is 13.6. The van der Waals surface area contributed by atoms with E-state index in [9.17, 15) is 9.18 Å². The van der Waals surface area contributed by atoms with E-state index >= 15 is 0 Å². The Bertz CT molecular complexity index is 595. The average molecular weight is 260 g/mol. The summed E-state index contributed by atoms with van der Waals surface area (Å²) >= 11 is 0. The fraction of sp³-hybridized carbons (Fsp3) is 0.0769. The minimum Gasteiger partial charge on any atom is -0.323 e. The fourth-order valence-corrected chi connectivity index (χ4v) is 1.67. The van der Waals surface area contributed by atoms with Gasteiger partial charge in [-0.1, -0.05) is 12.1 Å². The van der Waals surface area contributed by atoms with E-state index in [-0.39, 0.29) is 11.3 Å². The first kappa shape index (κ1) is 13.0. The second-order valence-electron chi connectivity index (χ2n) is 3.95. The number of hydrogen-bond donors (Lipinski definition) is 3. The summed E-state index contributed by atoms with van der Waals surface area (Å²) in [6.07, 6.45) is 2.86. The van der Waals surface area contributed by atoms with E-state index in [0.717, 1.165) is 0 Å². The SMILES string of the molecule is Cc1cccc(F)c1NC(=O)c1cnccc1NN. The molecule has 19 heavy (non-hydrogen) atoms. The van der Waals surface area contributed by atoms with Gasteiger partial charge in [0.15, 0.2) is 0 Å². The lowest BCUT2D eigenvalue weighted by atomic mass is 10.1. The Balaban J connectivity index is 2.31. The quantitative estimate of drug-likeness (QED) is 0.583. The summed E-state index contributed by atoms with van der Waals surface area (Å²) in [5.41, 5.74) is 3.85. The Morgan fingerprint density at radius 2 is 2.16 bits per heavy atom. The number of nitrogen functional groups attached to an aromatic ring is 1. The number of nitrogens with two attached hydrogens (primary N) is 1. The van der Waals surface area contributed by atoms with Gasteiger partial charge < -0.3 is 10.7 Å². The molecule has 1 aromatic carbocycles. The van der Waals surface area contributed by atoms with Crippen LogP contribution in [-0.2, 0) is 0 Å². The largest absolute Gasteiger partial charge is 0.323 e. The molecule has 6 heteroatoms. The van der Waals surface area contributed by atoms with E-state index in [0.29, 0.717) is 11.3 Å². The van der Waals surface area contributed by atoms with Crippen LogP contribution in [-0.4, -0.2) is 10.9 Å². The zero-order chi connectivity index (χ0) is 13.8. The Kier molecular flexibility index (Phi) is 3.72. The van der Waals surface area contributed by atoms with Gasteiger partial charge in [0, 0.05) is 12.4 Å². The zero-order valence-corrected chi connectivity index (χ0v) is 10.3. The lowest BCUT2D eigenvalue weighted by Crippen LogP contribution is -2.18. The Morgan fingerprint density at radius 3 is 2.84 bits per heavy atom. The lowest BCUT2D eigenvalue weighted by molar-refractivity contribution is 0.102. The van der Waals surface area contributed by atoms with Crippen LogP contribution in [0.3, 0.4) is 0 Å². The van der Waals surface area contributed by atoms with Crippen molar-refractivity contribution in [1.82, 2.24) is 4.98 Å². The smallest absolute Gasteiger partial charge is 0.259 e. The molecule has 0 radical (unpaired) electrons. The Labute approximate surface area is 109 Å². The van der Waals surface area contributed by atoms with E-state index in [1.54, 1.807) is 25.1 Å². The van der Waals surface area contributed by atoms with Gasteiger partial charge in [-0.15, -0.1) is 0 Å². The zero-order valence-electron chi connectivity index (χ0n) is 10.3. The highest BCUT2D eigenvalue weighted by atomic mass is 19.1. The molecule has 0 saturated heterocycles. The summed E-state index contributed by atoms with van der Waals surface area (Å²) < 4.78 is 13.6. The predicted octanol–water partition coefficient (Wildman–Crippen LogP) is 2.07. The molecule has 0 saturated carbocycles. The van der Waals surface area contributed by atoms with Crippen LogP contribution in [0.1, 0.15) is 15.9 Å². The number of pyridine rings is 1. The molecule has 0 bridgehead atoms. The van der Waals surface area contributed by atoms with Gasteiger partial charge in [0.25, 0.3) is 5.91 Å². The summed E-state index contributed by atoms with van der Waals surface area (Å²) in [4.78, 5) is 15.9. The number of aryl methyl sites for hydroxylation is 1. The molecule has 98 valence electrons. The van der Waals surface area contributed by atoms with Gasteiger partial charge in [-0.05, 0) is 24.6 Å². The number of nitrogens with zero attached hydrogens (tertiary/aromatic N) is 1. The van der Waals surface area contributed by atoms with Crippen LogP contribution >= 0.6 is 0 Å². The highest BCUT2D eigenvalue weighted by molar-refractivity contribution is 6.08. The lowest BCUT2D eigenvalue weighted by Gasteiger charge is -2.11. The first-order chi connectivity index (χ1) is 9.13. The third kappa shape index (κ3) is 2.69. The molecule has 1 aromatic heterocycles. The summed E-state index contributed by atoms with van der Waals surface area (Å²) in [5, 5.41) is 2.52. The van der Waals surface area contributed by atoms with E-state index in [4.69, 9.17) is 5.84 Å². The normalized spacial score (nSPS) is 10.1. The van der Waals surface area contributed by atoms with Crippen molar-refractivity contribution in [2.45, 2.75) is 6.92 Å². The average Bonchev–Trinajstić information content (AvgIpc) is 2.42. The molecule has 0 aliphatic heterocycles. The van der Waals surface area contributed by atoms with E-state index < -0.39 is 11.7 Å². The van der Waals surface area contributed by atoms with Crippen LogP contribution in [0.2, 0.25) is 0 Å². The van der Waals surface area contributed by atoms with Crippen LogP contribution < -0.4 is 16.6 Å². The molecule has 2 aromatic rings. The van der Waals surface area contributed by atoms with Gasteiger partial charge in [0.2, 0.25) is 0 Å². The molecule has 1 heterocycles. The Hall–Kier alpha value is -2.47. The third-order valence-electron chi connectivity index (χ3n) is 2.68. The highest BCUT2D eigenvalue weighted by Gasteiger charge is 2.14. The monoisotopic (exact) mass is 260 g/mol. The predicted molar refractivity (Wildman–Crippen MR) is 71.1 cm³/mol. The first-order valence-corrected chi connectivity index (χ1v) is 5.60. The number of anilines is 2. The number of hydrazine groups is 1. The molecular weight excluding hydrogens is 247 g/mol. The van der Waals surface area contributed by atoms with E-state index in [2.05, 4.69) is 15.7 Å². The number of nitrogens with one attached hydrogen (secondary N) is 2. The molecule has 0 fully saturated rings. The second-order valence-corrected chi connectivity index (χ2v) is 3.95. The number of benzene rings is 1. The van der Waals surface area contributed by atoms with Gasteiger partial charge in [0.1, 0.15) is 5.82 Å². The van der Waals surface area contributed by atoms with Crippen molar-refractivity contribution in [3.05, 3.63) is 53.6 Å². The number of aromatic nitrogens is 1.